The summed E-state index contributed by atoms with van der Waals surface area (Å²) in [6.45, 7) is 5.18. The number of piperidine rings is 1. The maximum atomic E-state index is 2.77. The zero-order chi connectivity index (χ0) is 9.10. The van der Waals surface area contributed by atoms with Crippen LogP contribution in [0.4, 0.5) is 0 Å². The molecule has 0 bridgehead atoms. The van der Waals surface area contributed by atoms with Gasteiger partial charge in [0.15, 0.2) is 0 Å². The van der Waals surface area contributed by atoms with Gasteiger partial charge in [-0.25, -0.2) is 0 Å². The van der Waals surface area contributed by atoms with Gasteiger partial charge in [-0.2, -0.15) is 0 Å². The molecular weight excluding hydrogens is 158 g/mol. The van der Waals surface area contributed by atoms with Gasteiger partial charge >= 0.3 is 0 Å². The second-order valence-corrected chi connectivity index (χ2v) is 5.03. The van der Waals surface area contributed by atoms with Crippen molar-refractivity contribution in [1.82, 2.24) is 4.90 Å². The minimum absolute atomic E-state index is 0.954. The van der Waals surface area contributed by atoms with E-state index in [9.17, 15) is 0 Å². The Labute approximate surface area is 82.5 Å². The van der Waals surface area contributed by atoms with Gasteiger partial charge in [-0.15, -0.1) is 0 Å². The molecule has 1 aliphatic carbocycles. The first-order valence-electron chi connectivity index (χ1n) is 6.10. The quantitative estimate of drug-likeness (QED) is 0.601. The lowest BCUT2D eigenvalue weighted by Crippen LogP contribution is -2.42. The van der Waals surface area contributed by atoms with Crippen LogP contribution in [-0.4, -0.2) is 24.0 Å². The third-order valence-electron chi connectivity index (χ3n) is 3.78. The van der Waals surface area contributed by atoms with E-state index in [0.29, 0.717) is 0 Å². The second kappa shape index (κ2) is 4.45. The van der Waals surface area contributed by atoms with Crippen molar-refractivity contribution >= 4 is 0 Å². The van der Waals surface area contributed by atoms with E-state index in [4.69, 9.17) is 0 Å². The van der Waals surface area contributed by atoms with E-state index in [1.807, 2.05) is 0 Å². The summed E-state index contributed by atoms with van der Waals surface area (Å²) in [5, 5.41) is 0. The summed E-state index contributed by atoms with van der Waals surface area (Å²) in [6.07, 6.45) is 10.3. The summed E-state index contributed by atoms with van der Waals surface area (Å²) in [5.74, 6) is 0.954. The highest BCUT2D eigenvalue weighted by atomic mass is 15.2. The first-order valence-corrected chi connectivity index (χ1v) is 6.10. The van der Waals surface area contributed by atoms with Crippen molar-refractivity contribution < 1.29 is 0 Å². The Morgan fingerprint density at radius 1 is 0.923 bits per heavy atom. The van der Waals surface area contributed by atoms with E-state index >= 15 is 0 Å². The Bertz CT molecular complexity index is 149. The van der Waals surface area contributed by atoms with Gasteiger partial charge in [0.1, 0.15) is 0 Å². The molecule has 0 aromatic heterocycles. The summed E-state index contributed by atoms with van der Waals surface area (Å²) in [7, 11) is 0. The number of nitrogens with zero attached hydrogens (tertiary/aromatic N) is 1. The fourth-order valence-corrected chi connectivity index (χ4v) is 3.00. The largest absolute Gasteiger partial charge is 0.300 e. The smallest absolute Gasteiger partial charge is 0.00953 e. The van der Waals surface area contributed by atoms with Crippen molar-refractivity contribution in [3.63, 3.8) is 0 Å². The van der Waals surface area contributed by atoms with Crippen LogP contribution in [0.5, 0.6) is 0 Å². The van der Waals surface area contributed by atoms with Gasteiger partial charge in [0.2, 0.25) is 0 Å². The Balaban J connectivity index is 1.83. The lowest BCUT2D eigenvalue weighted by atomic mass is 9.91. The molecule has 76 valence electrons. The lowest BCUT2D eigenvalue weighted by molar-refractivity contribution is 0.104. The predicted molar refractivity (Wildman–Crippen MR) is 56.8 cm³/mol. The third-order valence-corrected chi connectivity index (χ3v) is 3.78. The van der Waals surface area contributed by atoms with Crippen molar-refractivity contribution in [1.29, 1.82) is 0 Å². The SMILES string of the molecule is CC1CCCN(C2CCCCC2)C1. The molecule has 2 aliphatic rings. The maximum Gasteiger partial charge on any atom is 0.00953 e. The molecule has 1 saturated carbocycles. The highest BCUT2D eigenvalue weighted by Gasteiger charge is 2.24. The van der Waals surface area contributed by atoms with E-state index in [1.165, 1.54) is 58.0 Å². The maximum absolute atomic E-state index is 2.77. The van der Waals surface area contributed by atoms with Crippen molar-refractivity contribution in [3.8, 4) is 0 Å². The number of hydrogen-bond acceptors (Lipinski definition) is 1. The Kier molecular flexibility index (Phi) is 3.26. The van der Waals surface area contributed by atoms with Crippen LogP contribution in [-0.2, 0) is 0 Å². The van der Waals surface area contributed by atoms with Crippen LogP contribution in [0.1, 0.15) is 51.9 Å². The molecule has 1 aliphatic heterocycles. The third kappa shape index (κ3) is 2.46. The molecule has 1 nitrogen and oxygen atoms in total. The Morgan fingerprint density at radius 3 is 2.38 bits per heavy atom. The van der Waals surface area contributed by atoms with Gasteiger partial charge in [-0.1, -0.05) is 26.2 Å². The van der Waals surface area contributed by atoms with Gasteiger partial charge in [-0.3, -0.25) is 0 Å². The van der Waals surface area contributed by atoms with Gasteiger partial charge < -0.3 is 4.90 Å². The van der Waals surface area contributed by atoms with Gasteiger partial charge in [-0.05, 0) is 38.1 Å². The van der Waals surface area contributed by atoms with Crippen molar-refractivity contribution in [2.75, 3.05) is 13.1 Å². The van der Waals surface area contributed by atoms with Gasteiger partial charge in [0, 0.05) is 12.6 Å². The topological polar surface area (TPSA) is 3.24 Å². The van der Waals surface area contributed by atoms with Crippen LogP contribution in [0.3, 0.4) is 0 Å². The van der Waals surface area contributed by atoms with Crippen LogP contribution < -0.4 is 0 Å². The lowest BCUT2D eigenvalue weighted by Gasteiger charge is -2.39. The van der Waals surface area contributed by atoms with E-state index in [-0.39, 0.29) is 0 Å². The van der Waals surface area contributed by atoms with Crippen molar-refractivity contribution in [3.05, 3.63) is 0 Å². The Morgan fingerprint density at radius 2 is 1.69 bits per heavy atom. The van der Waals surface area contributed by atoms with E-state index in [2.05, 4.69) is 11.8 Å². The molecule has 2 fully saturated rings. The average molecular weight is 181 g/mol. The van der Waals surface area contributed by atoms with Crippen LogP contribution >= 0.6 is 0 Å². The number of hydrogen-bond donors (Lipinski definition) is 0. The zero-order valence-electron chi connectivity index (χ0n) is 8.97. The van der Waals surface area contributed by atoms with Crippen LogP contribution in [0.25, 0.3) is 0 Å². The summed E-state index contributed by atoms with van der Waals surface area (Å²) in [4.78, 5) is 2.77. The summed E-state index contributed by atoms with van der Waals surface area (Å²) in [6, 6.07) is 0.955. The van der Waals surface area contributed by atoms with Crippen molar-refractivity contribution in [2.45, 2.75) is 57.9 Å². The monoisotopic (exact) mass is 181 g/mol. The van der Waals surface area contributed by atoms with E-state index < -0.39 is 0 Å². The van der Waals surface area contributed by atoms with Crippen LogP contribution in [0, 0.1) is 5.92 Å². The molecule has 1 heterocycles. The molecule has 13 heavy (non-hydrogen) atoms. The first kappa shape index (κ1) is 9.51. The highest BCUT2D eigenvalue weighted by Crippen LogP contribution is 2.26. The number of likely N-dealkylation sites (tertiary alicyclic amines) is 1. The normalized spacial score (nSPS) is 33.5. The average Bonchev–Trinajstić information content (AvgIpc) is 2.19. The molecule has 2 rings (SSSR count). The zero-order valence-corrected chi connectivity index (χ0v) is 8.97. The minimum atomic E-state index is 0.954. The van der Waals surface area contributed by atoms with E-state index in [1.54, 1.807) is 0 Å². The molecule has 1 unspecified atom stereocenters. The molecule has 0 N–H and O–H groups in total. The summed E-state index contributed by atoms with van der Waals surface area (Å²) in [5.41, 5.74) is 0. The molecule has 0 amide bonds. The van der Waals surface area contributed by atoms with E-state index in [0.717, 1.165) is 12.0 Å². The van der Waals surface area contributed by atoms with Crippen LogP contribution in [0.15, 0.2) is 0 Å². The second-order valence-electron chi connectivity index (χ2n) is 5.03. The molecular formula is C12H23N. The summed E-state index contributed by atoms with van der Waals surface area (Å²) < 4.78 is 0. The molecule has 1 atom stereocenters. The molecule has 1 saturated heterocycles. The molecule has 0 aromatic rings. The highest BCUT2D eigenvalue weighted by molar-refractivity contribution is 4.79. The predicted octanol–water partition coefficient (Wildman–Crippen LogP) is 3.05. The van der Waals surface area contributed by atoms with Crippen molar-refractivity contribution in [2.24, 2.45) is 5.92 Å². The molecule has 1 heteroatoms. The summed E-state index contributed by atoms with van der Waals surface area (Å²) >= 11 is 0. The first-order chi connectivity index (χ1) is 6.36. The fourth-order valence-electron chi connectivity index (χ4n) is 3.00. The fraction of sp³-hybridized carbons (Fsp3) is 1.00. The standard InChI is InChI=1S/C12H23N/c1-11-6-5-9-13(10-11)12-7-3-2-4-8-12/h11-12H,2-10H2,1H3. The van der Waals surface area contributed by atoms with Crippen LogP contribution in [0.2, 0.25) is 0 Å². The molecule has 0 spiro atoms. The van der Waals surface area contributed by atoms with Gasteiger partial charge in [0.25, 0.3) is 0 Å². The minimum Gasteiger partial charge on any atom is -0.300 e. The Hall–Kier alpha value is -0.0400. The molecule has 0 radical (unpaired) electrons. The number of rotatable bonds is 1. The molecule has 0 aromatic carbocycles. The van der Waals surface area contributed by atoms with Gasteiger partial charge in [0.05, 0.1) is 0 Å².